The Morgan fingerprint density at radius 3 is 2.55 bits per heavy atom. The highest BCUT2D eigenvalue weighted by Crippen LogP contribution is 2.29. The first kappa shape index (κ1) is 21.3. The van der Waals surface area contributed by atoms with Crippen LogP contribution in [0.5, 0.6) is 0 Å². The van der Waals surface area contributed by atoms with Crippen LogP contribution in [0.15, 0.2) is 30.3 Å². The van der Waals surface area contributed by atoms with E-state index in [9.17, 15) is 14.4 Å². The van der Waals surface area contributed by atoms with E-state index in [2.05, 4.69) is 36.2 Å². The maximum atomic E-state index is 13.3. The zero-order valence-corrected chi connectivity index (χ0v) is 17.7. The standard InChI is InChI=1S/C23H25ClFN3O/c1-14-15(2)20(6-4-18(14)13-26)16(3)28-10-8-19(9-11-28)27-23(29)17-5-7-22(25)21(24)12-17/h4-7,12,16,19H,8-11H2,1-3H3,(H,27,29). The molecule has 0 aliphatic carbocycles. The average molecular weight is 414 g/mol. The second-order valence-corrected chi connectivity index (χ2v) is 8.06. The number of likely N-dealkylation sites (tertiary alicyclic amines) is 1. The van der Waals surface area contributed by atoms with E-state index in [0.29, 0.717) is 5.56 Å². The Kier molecular flexibility index (Phi) is 6.56. The molecule has 1 amide bonds. The van der Waals surface area contributed by atoms with Crippen molar-refractivity contribution in [2.45, 2.75) is 45.7 Å². The van der Waals surface area contributed by atoms with Crippen molar-refractivity contribution in [3.8, 4) is 6.07 Å². The van der Waals surface area contributed by atoms with Crippen LogP contribution in [0.2, 0.25) is 5.02 Å². The molecule has 1 saturated heterocycles. The minimum Gasteiger partial charge on any atom is -0.349 e. The average Bonchev–Trinajstić information content (AvgIpc) is 2.72. The summed E-state index contributed by atoms with van der Waals surface area (Å²) < 4.78 is 13.3. The zero-order chi connectivity index (χ0) is 21.1. The second-order valence-electron chi connectivity index (χ2n) is 7.65. The monoisotopic (exact) mass is 413 g/mol. The highest BCUT2D eigenvalue weighted by Gasteiger charge is 2.26. The molecule has 2 aromatic carbocycles. The lowest BCUT2D eigenvalue weighted by Crippen LogP contribution is -2.45. The Hall–Kier alpha value is -2.42. The molecule has 29 heavy (non-hydrogen) atoms. The van der Waals surface area contributed by atoms with E-state index >= 15 is 0 Å². The van der Waals surface area contributed by atoms with Gasteiger partial charge in [0, 0.05) is 30.7 Å². The fourth-order valence-electron chi connectivity index (χ4n) is 3.95. The first-order valence-corrected chi connectivity index (χ1v) is 10.2. The number of carbonyl (C=O) groups is 1. The fraction of sp³-hybridized carbons (Fsp3) is 0.391. The molecule has 3 rings (SSSR count). The summed E-state index contributed by atoms with van der Waals surface area (Å²) in [5.41, 5.74) is 4.54. The van der Waals surface area contributed by atoms with E-state index in [0.717, 1.165) is 37.1 Å². The highest BCUT2D eigenvalue weighted by atomic mass is 35.5. The molecule has 1 N–H and O–H groups in total. The van der Waals surface area contributed by atoms with Crippen molar-refractivity contribution in [1.29, 1.82) is 5.26 Å². The Morgan fingerprint density at radius 2 is 1.93 bits per heavy atom. The molecule has 0 radical (unpaired) electrons. The molecule has 0 spiro atoms. The Labute approximate surface area is 176 Å². The number of piperidine rings is 1. The SMILES string of the molecule is Cc1c(C#N)ccc(C(C)N2CCC(NC(=O)c3ccc(F)c(Cl)c3)CC2)c1C. The third kappa shape index (κ3) is 4.60. The third-order valence-corrected chi connectivity index (χ3v) is 6.28. The van der Waals surface area contributed by atoms with Crippen LogP contribution < -0.4 is 5.32 Å². The maximum absolute atomic E-state index is 13.3. The van der Waals surface area contributed by atoms with Crippen molar-refractivity contribution in [3.05, 3.63) is 69.0 Å². The van der Waals surface area contributed by atoms with Gasteiger partial charge in [0.25, 0.3) is 5.91 Å². The van der Waals surface area contributed by atoms with Gasteiger partial charge >= 0.3 is 0 Å². The van der Waals surface area contributed by atoms with Gasteiger partial charge in [-0.25, -0.2) is 4.39 Å². The van der Waals surface area contributed by atoms with Crippen LogP contribution in [0.4, 0.5) is 4.39 Å². The number of amides is 1. The molecule has 2 aromatic rings. The molecular weight excluding hydrogens is 389 g/mol. The van der Waals surface area contributed by atoms with E-state index in [1.54, 1.807) is 0 Å². The van der Waals surface area contributed by atoms with Crippen LogP contribution >= 0.6 is 11.6 Å². The number of nitriles is 1. The number of nitrogens with one attached hydrogen (secondary N) is 1. The maximum Gasteiger partial charge on any atom is 0.251 e. The molecule has 0 saturated carbocycles. The van der Waals surface area contributed by atoms with Crippen LogP contribution in [0.25, 0.3) is 0 Å². The van der Waals surface area contributed by atoms with Crippen molar-refractivity contribution in [1.82, 2.24) is 10.2 Å². The molecule has 4 nitrogen and oxygen atoms in total. The van der Waals surface area contributed by atoms with Gasteiger partial charge in [-0.1, -0.05) is 17.7 Å². The smallest absolute Gasteiger partial charge is 0.251 e. The summed E-state index contributed by atoms with van der Waals surface area (Å²) >= 11 is 5.78. The van der Waals surface area contributed by atoms with Crippen LogP contribution in [-0.4, -0.2) is 29.9 Å². The van der Waals surface area contributed by atoms with Gasteiger partial charge in [-0.15, -0.1) is 0 Å². The van der Waals surface area contributed by atoms with Crippen molar-refractivity contribution in [2.24, 2.45) is 0 Å². The molecule has 1 atom stereocenters. The van der Waals surface area contributed by atoms with Gasteiger partial charge in [-0.2, -0.15) is 5.26 Å². The van der Waals surface area contributed by atoms with E-state index < -0.39 is 5.82 Å². The lowest BCUT2D eigenvalue weighted by molar-refractivity contribution is 0.0896. The molecule has 1 unspecified atom stereocenters. The van der Waals surface area contributed by atoms with Crippen LogP contribution in [0.1, 0.15) is 58.4 Å². The number of hydrogen-bond acceptors (Lipinski definition) is 3. The number of nitrogens with zero attached hydrogens (tertiary/aromatic N) is 2. The molecule has 1 aliphatic rings. The van der Waals surface area contributed by atoms with Gasteiger partial charge in [0.1, 0.15) is 5.82 Å². The second kappa shape index (κ2) is 8.94. The van der Waals surface area contributed by atoms with E-state index in [1.807, 2.05) is 13.0 Å². The van der Waals surface area contributed by atoms with E-state index in [1.165, 1.54) is 29.3 Å². The predicted molar refractivity (Wildman–Crippen MR) is 113 cm³/mol. The molecule has 152 valence electrons. The van der Waals surface area contributed by atoms with Crippen LogP contribution in [0.3, 0.4) is 0 Å². The lowest BCUT2D eigenvalue weighted by Gasteiger charge is -2.37. The Balaban J connectivity index is 1.60. The van der Waals surface area contributed by atoms with Gasteiger partial charge in [-0.3, -0.25) is 9.69 Å². The number of carbonyl (C=O) groups excluding carboxylic acids is 1. The molecular formula is C23H25ClFN3O. The lowest BCUT2D eigenvalue weighted by atomic mass is 9.92. The quantitative estimate of drug-likeness (QED) is 0.773. The van der Waals surface area contributed by atoms with Crippen LogP contribution in [-0.2, 0) is 0 Å². The number of rotatable bonds is 4. The summed E-state index contributed by atoms with van der Waals surface area (Å²) in [5.74, 6) is -0.754. The van der Waals surface area contributed by atoms with Crippen molar-refractivity contribution in [3.63, 3.8) is 0 Å². The number of halogens is 2. The molecule has 1 aliphatic heterocycles. The topological polar surface area (TPSA) is 56.1 Å². The zero-order valence-electron chi connectivity index (χ0n) is 16.9. The number of hydrogen-bond donors (Lipinski definition) is 1. The minimum absolute atomic E-state index is 0.0469. The van der Waals surface area contributed by atoms with Gasteiger partial charge in [0.2, 0.25) is 0 Å². The number of benzene rings is 2. The fourth-order valence-corrected chi connectivity index (χ4v) is 4.13. The normalized spacial score (nSPS) is 16.3. The van der Waals surface area contributed by atoms with E-state index in [-0.39, 0.29) is 23.0 Å². The third-order valence-electron chi connectivity index (χ3n) is 5.99. The molecule has 1 heterocycles. The summed E-state index contributed by atoms with van der Waals surface area (Å²) in [5, 5.41) is 12.2. The summed E-state index contributed by atoms with van der Waals surface area (Å²) in [4.78, 5) is 14.8. The van der Waals surface area contributed by atoms with Gasteiger partial charge < -0.3 is 5.32 Å². The van der Waals surface area contributed by atoms with Gasteiger partial charge in [-0.05, 0) is 74.6 Å². The van der Waals surface area contributed by atoms with Gasteiger partial charge in [0.15, 0.2) is 0 Å². The van der Waals surface area contributed by atoms with E-state index in [4.69, 9.17) is 11.6 Å². The molecule has 6 heteroatoms. The minimum atomic E-state index is -0.529. The van der Waals surface area contributed by atoms with Crippen molar-refractivity contribution < 1.29 is 9.18 Å². The largest absolute Gasteiger partial charge is 0.349 e. The first-order chi connectivity index (χ1) is 13.8. The van der Waals surface area contributed by atoms with Crippen molar-refractivity contribution in [2.75, 3.05) is 13.1 Å². The van der Waals surface area contributed by atoms with Gasteiger partial charge in [0.05, 0.1) is 16.7 Å². The summed E-state index contributed by atoms with van der Waals surface area (Å²) in [6.45, 7) is 7.99. The highest BCUT2D eigenvalue weighted by molar-refractivity contribution is 6.31. The molecule has 1 fully saturated rings. The predicted octanol–water partition coefficient (Wildman–Crippen LogP) is 4.92. The molecule has 0 aromatic heterocycles. The Morgan fingerprint density at radius 1 is 1.24 bits per heavy atom. The van der Waals surface area contributed by atoms with Crippen LogP contribution in [0, 0.1) is 31.0 Å². The Bertz CT molecular complexity index is 961. The van der Waals surface area contributed by atoms with Crippen molar-refractivity contribution >= 4 is 17.5 Å². The summed E-state index contributed by atoms with van der Waals surface area (Å²) in [7, 11) is 0. The summed E-state index contributed by atoms with van der Waals surface area (Å²) in [6, 6.07) is 10.5. The molecule has 0 bridgehead atoms. The summed E-state index contributed by atoms with van der Waals surface area (Å²) in [6.07, 6.45) is 1.69. The first-order valence-electron chi connectivity index (χ1n) is 9.82.